The van der Waals surface area contributed by atoms with Crippen LogP contribution in [0.1, 0.15) is 56.1 Å². The zero-order valence-electron chi connectivity index (χ0n) is 18.5. The minimum absolute atomic E-state index is 0.218. The fourth-order valence-corrected chi connectivity index (χ4v) is 5.12. The van der Waals surface area contributed by atoms with Gasteiger partial charge >= 0.3 is 0 Å². The Morgan fingerprint density at radius 3 is 2.63 bits per heavy atom. The number of amides is 1. The first-order chi connectivity index (χ1) is 14.4. The Balaban J connectivity index is 1.66. The van der Waals surface area contributed by atoms with Gasteiger partial charge in [0.1, 0.15) is 17.4 Å². The second-order valence-corrected chi connectivity index (χ2v) is 8.80. The number of carbonyl (C=O) groups excluding carboxylic acids is 1. The van der Waals surface area contributed by atoms with Gasteiger partial charge in [0.2, 0.25) is 5.91 Å². The smallest absolute Gasteiger partial charge is 0.223 e. The van der Waals surface area contributed by atoms with E-state index < -0.39 is 0 Å². The Kier molecular flexibility index (Phi) is 5.67. The van der Waals surface area contributed by atoms with Crippen molar-refractivity contribution in [1.82, 2.24) is 14.9 Å². The molecule has 2 aromatic rings. The van der Waals surface area contributed by atoms with E-state index in [0.717, 1.165) is 60.9 Å². The van der Waals surface area contributed by atoms with Gasteiger partial charge in [-0.05, 0) is 57.7 Å². The monoisotopic (exact) mass is 408 g/mol. The predicted molar refractivity (Wildman–Crippen MR) is 118 cm³/mol. The van der Waals surface area contributed by atoms with Crippen LogP contribution in [0.4, 0.5) is 5.82 Å². The van der Waals surface area contributed by atoms with Gasteiger partial charge in [0.25, 0.3) is 0 Å². The molecule has 6 heteroatoms. The topological polar surface area (TPSA) is 58.6 Å². The van der Waals surface area contributed by atoms with Crippen LogP contribution in [0, 0.1) is 13.8 Å². The molecule has 3 heterocycles. The van der Waals surface area contributed by atoms with E-state index >= 15 is 0 Å². The van der Waals surface area contributed by atoms with Gasteiger partial charge in [0.15, 0.2) is 0 Å². The summed E-state index contributed by atoms with van der Waals surface area (Å²) in [5.41, 5.74) is 1.91. The van der Waals surface area contributed by atoms with Gasteiger partial charge < -0.3 is 14.5 Å². The zero-order chi connectivity index (χ0) is 21.3. The molecule has 1 aromatic heterocycles. The Morgan fingerprint density at radius 1 is 1.17 bits per heavy atom. The highest BCUT2D eigenvalue weighted by molar-refractivity contribution is 5.77. The van der Waals surface area contributed by atoms with Gasteiger partial charge in [-0.1, -0.05) is 18.6 Å². The van der Waals surface area contributed by atoms with Crippen LogP contribution in [0.5, 0.6) is 5.75 Å². The summed E-state index contributed by atoms with van der Waals surface area (Å²) in [7, 11) is 1.67. The van der Waals surface area contributed by atoms with Gasteiger partial charge in [-0.2, -0.15) is 0 Å². The van der Waals surface area contributed by atoms with Crippen molar-refractivity contribution >= 4 is 11.7 Å². The van der Waals surface area contributed by atoms with Gasteiger partial charge in [-0.3, -0.25) is 4.79 Å². The van der Waals surface area contributed by atoms with E-state index in [-0.39, 0.29) is 17.5 Å². The molecule has 2 atom stereocenters. The van der Waals surface area contributed by atoms with Crippen LogP contribution >= 0.6 is 0 Å². The molecule has 0 aliphatic carbocycles. The van der Waals surface area contributed by atoms with Crippen LogP contribution in [-0.4, -0.2) is 46.0 Å². The molecule has 2 saturated heterocycles. The van der Waals surface area contributed by atoms with Crippen molar-refractivity contribution in [1.29, 1.82) is 0 Å². The number of aryl methyl sites for hydroxylation is 2. The lowest BCUT2D eigenvalue weighted by molar-refractivity contribution is -0.139. The molecule has 1 aromatic carbocycles. The summed E-state index contributed by atoms with van der Waals surface area (Å²) in [5, 5.41) is 0. The summed E-state index contributed by atoms with van der Waals surface area (Å²) in [6.45, 7) is 7.77. The van der Waals surface area contributed by atoms with E-state index in [9.17, 15) is 4.79 Å². The van der Waals surface area contributed by atoms with E-state index in [1.807, 2.05) is 26.0 Å². The molecule has 2 aliphatic rings. The Hall–Kier alpha value is -2.63. The van der Waals surface area contributed by atoms with Crippen LogP contribution in [0.15, 0.2) is 30.3 Å². The van der Waals surface area contributed by atoms with Crippen LogP contribution < -0.4 is 9.64 Å². The highest BCUT2D eigenvalue weighted by Gasteiger charge is 2.50. The number of nitrogens with zero attached hydrogens (tertiary/aromatic N) is 4. The fraction of sp³-hybridized carbons (Fsp3) is 0.542. The van der Waals surface area contributed by atoms with Crippen molar-refractivity contribution < 1.29 is 9.53 Å². The molecule has 1 amide bonds. The summed E-state index contributed by atoms with van der Waals surface area (Å²) in [6, 6.07) is 10.4. The third-order valence-corrected chi connectivity index (χ3v) is 6.74. The first-order valence-electron chi connectivity index (χ1n) is 10.9. The summed E-state index contributed by atoms with van der Waals surface area (Å²) >= 11 is 0. The summed E-state index contributed by atoms with van der Waals surface area (Å²) in [4.78, 5) is 27.0. The molecule has 0 bridgehead atoms. The quantitative estimate of drug-likeness (QED) is 0.764. The minimum atomic E-state index is -0.218. The molecule has 4 rings (SSSR count). The number of rotatable bonds is 4. The normalized spacial score (nSPS) is 24.4. The first-order valence-corrected chi connectivity index (χ1v) is 10.9. The van der Waals surface area contributed by atoms with Crippen molar-refractivity contribution in [2.75, 3.05) is 18.6 Å². The maximum Gasteiger partial charge on any atom is 0.223 e. The van der Waals surface area contributed by atoms with Crippen molar-refractivity contribution in [2.24, 2.45) is 0 Å². The lowest BCUT2D eigenvalue weighted by atomic mass is 9.84. The molecule has 0 saturated carbocycles. The Morgan fingerprint density at radius 2 is 1.93 bits per heavy atom. The van der Waals surface area contributed by atoms with Crippen LogP contribution in [0.25, 0.3) is 0 Å². The van der Waals surface area contributed by atoms with Gasteiger partial charge in [0.05, 0.1) is 18.7 Å². The maximum absolute atomic E-state index is 13.3. The zero-order valence-corrected chi connectivity index (χ0v) is 18.5. The Bertz CT molecular complexity index is 894. The molecular weight excluding hydrogens is 376 g/mol. The van der Waals surface area contributed by atoms with E-state index in [0.29, 0.717) is 13.0 Å². The third-order valence-electron chi connectivity index (χ3n) is 6.74. The number of methoxy groups -OCH3 is 1. The van der Waals surface area contributed by atoms with Crippen LogP contribution in [0.3, 0.4) is 0 Å². The number of fused-ring (bicyclic) bond motifs is 1. The number of carbonyl (C=O) groups is 1. The van der Waals surface area contributed by atoms with Crippen molar-refractivity contribution in [3.05, 3.63) is 47.4 Å². The summed E-state index contributed by atoms with van der Waals surface area (Å²) in [6.07, 6.45) is 4.67. The molecule has 0 radical (unpaired) electrons. The molecule has 0 spiro atoms. The van der Waals surface area contributed by atoms with Crippen LogP contribution in [-0.2, 0) is 11.3 Å². The molecule has 6 nitrogen and oxygen atoms in total. The average molecular weight is 409 g/mol. The largest absolute Gasteiger partial charge is 0.497 e. The van der Waals surface area contributed by atoms with Crippen molar-refractivity contribution in [2.45, 2.75) is 71.0 Å². The Labute approximate surface area is 179 Å². The first kappa shape index (κ1) is 20.6. The lowest BCUT2D eigenvalue weighted by Gasteiger charge is -2.46. The van der Waals surface area contributed by atoms with E-state index in [4.69, 9.17) is 9.72 Å². The fourth-order valence-electron chi connectivity index (χ4n) is 5.12. The van der Waals surface area contributed by atoms with Gasteiger partial charge in [-0.25, -0.2) is 9.97 Å². The number of benzene rings is 1. The number of hydrogen-bond donors (Lipinski definition) is 0. The third kappa shape index (κ3) is 3.87. The molecule has 2 fully saturated rings. The molecule has 160 valence electrons. The maximum atomic E-state index is 13.3. The van der Waals surface area contributed by atoms with E-state index in [1.165, 1.54) is 0 Å². The number of aromatic nitrogens is 2. The number of ether oxygens (including phenoxy) is 1. The summed E-state index contributed by atoms with van der Waals surface area (Å²) in [5.74, 6) is 2.89. The molecular formula is C24H32N4O2. The number of hydrogen-bond acceptors (Lipinski definition) is 5. The van der Waals surface area contributed by atoms with Crippen molar-refractivity contribution in [3.63, 3.8) is 0 Å². The lowest BCUT2D eigenvalue weighted by Crippen LogP contribution is -2.57. The van der Waals surface area contributed by atoms with E-state index in [2.05, 4.69) is 39.9 Å². The second kappa shape index (κ2) is 8.25. The minimum Gasteiger partial charge on any atom is -0.497 e. The van der Waals surface area contributed by atoms with Crippen LogP contribution in [0.2, 0.25) is 0 Å². The molecule has 2 aliphatic heterocycles. The van der Waals surface area contributed by atoms with Gasteiger partial charge in [0, 0.05) is 31.3 Å². The summed E-state index contributed by atoms with van der Waals surface area (Å²) < 4.78 is 5.29. The highest BCUT2D eigenvalue weighted by atomic mass is 16.5. The molecule has 0 unspecified atom stereocenters. The number of likely N-dealkylation sites (tertiary alicyclic amines) is 1. The molecule has 30 heavy (non-hydrogen) atoms. The van der Waals surface area contributed by atoms with Crippen molar-refractivity contribution in [3.8, 4) is 5.75 Å². The van der Waals surface area contributed by atoms with E-state index in [1.54, 1.807) is 7.11 Å². The highest BCUT2D eigenvalue weighted by Crippen LogP contribution is 2.41. The molecule has 0 N–H and O–H groups in total. The standard InChI is InChI=1S/C24H32N4O2/c1-17-15-22(26-18(2)25-17)27-14-13-24(3)21(27)7-5-6-8-23(29)28(24)16-19-9-11-20(30-4)12-10-19/h9-12,15,21H,5-8,13-14,16H2,1-4H3/t21-,24-/m1/s1. The average Bonchev–Trinajstić information content (AvgIpc) is 3.04. The predicted octanol–water partition coefficient (Wildman–Crippen LogP) is 4.04. The van der Waals surface area contributed by atoms with Gasteiger partial charge in [-0.15, -0.1) is 0 Å². The number of anilines is 1. The second-order valence-electron chi connectivity index (χ2n) is 8.80. The SMILES string of the molecule is COc1ccc(CN2C(=O)CCCC[C@H]3N(c4cc(C)nc(C)n4)CC[C@]32C)cc1.